The molecule has 0 aromatic heterocycles. The summed E-state index contributed by atoms with van der Waals surface area (Å²) in [5.74, 6) is -1.85. The third-order valence-electron chi connectivity index (χ3n) is 3.30. The predicted molar refractivity (Wildman–Crippen MR) is 73.9 cm³/mol. The molecule has 7 nitrogen and oxygen atoms in total. The van der Waals surface area contributed by atoms with Crippen LogP contribution in [-0.2, 0) is 14.3 Å². The SMILES string of the molecule is CCCCCCC=CNC(=O)[C@H](O)[C@H]1OC(=O)[C@@H](O)[C@H]1O. The fourth-order valence-electron chi connectivity index (χ4n) is 1.99. The zero-order chi connectivity index (χ0) is 15.8. The molecular formula is C14H23NO6. The van der Waals surface area contributed by atoms with E-state index in [-0.39, 0.29) is 0 Å². The van der Waals surface area contributed by atoms with Crippen LogP contribution in [0.4, 0.5) is 0 Å². The van der Waals surface area contributed by atoms with E-state index in [1.807, 2.05) is 0 Å². The molecule has 1 amide bonds. The van der Waals surface area contributed by atoms with Gasteiger partial charge < -0.3 is 25.4 Å². The van der Waals surface area contributed by atoms with E-state index in [4.69, 9.17) is 0 Å². The normalized spacial score (nSPS) is 26.9. The second-order valence-corrected chi connectivity index (χ2v) is 5.04. The molecule has 120 valence electrons. The molecular weight excluding hydrogens is 278 g/mol. The van der Waals surface area contributed by atoms with Crippen LogP contribution in [0.15, 0.2) is 12.3 Å². The summed E-state index contributed by atoms with van der Waals surface area (Å²) in [6, 6.07) is 0. The minimum absolute atomic E-state index is 0.800. The Labute approximate surface area is 123 Å². The van der Waals surface area contributed by atoms with Crippen LogP contribution in [0.1, 0.15) is 39.0 Å². The second-order valence-electron chi connectivity index (χ2n) is 5.04. The number of rotatable bonds is 8. The summed E-state index contributed by atoms with van der Waals surface area (Å²) in [7, 11) is 0. The number of hydrogen-bond acceptors (Lipinski definition) is 6. The van der Waals surface area contributed by atoms with Crippen molar-refractivity contribution < 1.29 is 29.6 Å². The lowest BCUT2D eigenvalue weighted by molar-refractivity contribution is -0.153. The van der Waals surface area contributed by atoms with E-state index in [2.05, 4.69) is 17.0 Å². The van der Waals surface area contributed by atoms with Crippen molar-refractivity contribution in [2.45, 2.75) is 63.4 Å². The zero-order valence-electron chi connectivity index (χ0n) is 12.1. The van der Waals surface area contributed by atoms with E-state index in [1.54, 1.807) is 6.08 Å². The molecule has 0 bridgehead atoms. The van der Waals surface area contributed by atoms with Gasteiger partial charge in [-0.15, -0.1) is 0 Å². The highest BCUT2D eigenvalue weighted by Crippen LogP contribution is 2.19. The topological polar surface area (TPSA) is 116 Å². The standard InChI is InChI=1S/C14H23NO6/c1-2-3-4-5-6-7-8-15-13(19)11(18)12-9(16)10(17)14(20)21-12/h7-12,16-18H,2-6H2,1H3,(H,15,19)/t9-,10+,11-,12+/m1/s1. The Hall–Kier alpha value is -1.44. The first kappa shape index (κ1) is 17.6. The van der Waals surface area contributed by atoms with Crippen LogP contribution < -0.4 is 5.32 Å². The molecule has 0 radical (unpaired) electrons. The highest BCUT2D eigenvalue weighted by atomic mass is 16.6. The lowest BCUT2D eigenvalue weighted by atomic mass is 10.1. The van der Waals surface area contributed by atoms with Crippen molar-refractivity contribution in [2.24, 2.45) is 0 Å². The smallest absolute Gasteiger partial charge is 0.338 e. The van der Waals surface area contributed by atoms with E-state index < -0.39 is 36.3 Å². The molecule has 0 aromatic rings. The first-order chi connectivity index (χ1) is 9.99. The van der Waals surface area contributed by atoms with Crippen LogP contribution in [0.3, 0.4) is 0 Å². The Morgan fingerprint density at radius 2 is 2.10 bits per heavy atom. The molecule has 0 aromatic carbocycles. The lowest BCUT2D eigenvalue weighted by Gasteiger charge is -2.18. The highest BCUT2D eigenvalue weighted by Gasteiger charge is 2.48. The second kappa shape index (κ2) is 8.76. The molecule has 0 spiro atoms. The van der Waals surface area contributed by atoms with Gasteiger partial charge >= 0.3 is 5.97 Å². The molecule has 1 aliphatic rings. The van der Waals surface area contributed by atoms with E-state index in [0.717, 1.165) is 25.7 Å². The van der Waals surface area contributed by atoms with Crippen molar-refractivity contribution in [3.63, 3.8) is 0 Å². The third-order valence-corrected chi connectivity index (χ3v) is 3.30. The number of aliphatic hydroxyl groups excluding tert-OH is 3. The first-order valence-electron chi connectivity index (χ1n) is 7.19. The molecule has 1 rings (SSSR count). The van der Waals surface area contributed by atoms with Gasteiger partial charge in [0.15, 0.2) is 18.3 Å². The molecule has 1 fully saturated rings. The number of cyclic esters (lactones) is 1. The zero-order valence-corrected chi connectivity index (χ0v) is 12.1. The van der Waals surface area contributed by atoms with Crippen molar-refractivity contribution in [2.75, 3.05) is 0 Å². The van der Waals surface area contributed by atoms with E-state index in [1.165, 1.54) is 12.6 Å². The Balaban J connectivity index is 2.32. The van der Waals surface area contributed by atoms with Crippen LogP contribution in [0, 0.1) is 0 Å². The van der Waals surface area contributed by atoms with E-state index in [9.17, 15) is 24.9 Å². The molecule has 1 heterocycles. The quantitative estimate of drug-likeness (QED) is 0.358. The Morgan fingerprint density at radius 3 is 2.67 bits per heavy atom. The van der Waals surface area contributed by atoms with E-state index in [0.29, 0.717) is 0 Å². The number of carbonyl (C=O) groups is 2. The number of aliphatic hydroxyl groups is 3. The summed E-state index contributed by atoms with van der Waals surface area (Å²) < 4.78 is 4.57. The van der Waals surface area contributed by atoms with Crippen molar-refractivity contribution in [3.8, 4) is 0 Å². The van der Waals surface area contributed by atoms with Gasteiger partial charge in [0.05, 0.1) is 0 Å². The van der Waals surface area contributed by atoms with Crippen molar-refractivity contribution in [1.29, 1.82) is 0 Å². The number of carbonyl (C=O) groups excluding carboxylic acids is 2. The van der Waals surface area contributed by atoms with Gasteiger partial charge in [-0.05, 0) is 19.0 Å². The summed E-state index contributed by atoms with van der Waals surface area (Å²) in [6.07, 6.45) is 1.94. The largest absolute Gasteiger partial charge is 0.454 e. The predicted octanol–water partition coefficient (Wildman–Crippen LogP) is -0.405. The van der Waals surface area contributed by atoms with Gasteiger partial charge in [0.2, 0.25) is 0 Å². The number of esters is 1. The number of ether oxygens (including phenoxy) is 1. The molecule has 21 heavy (non-hydrogen) atoms. The Bertz CT molecular complexity index is 384. The number of amides is 1. The minimum atomic E-state index is -1.73. The van der Waals surface area contributed by atoms with Gasteiger partial charge in [0, 0.05) is 0 Å². The van der Waals surface area contributed by atoms with Crippen LogP contribution in [0.25, 0.3) is 0 Å². The number of unbranched alkanes of at least 4 members (excludes halogenated alkanes) is 4. The molecule has 0 aliphatic carbocycles. The molecule has 0 unspecified atom stereocenters. The average Bonchev–Trinajstić information content (AvgIpc) is 2.73. The Kier molecular flexibility index (Phi) is 7.35. The summed E-state index contributed by atoms with van der Waals surface area (Å²) in [6.45, 7) is 2.12. The van der Waals surface area contributed by atoms with Gasteiger partial charge in [0.1, 0.15) is 6.10 Å². The van der Waals surface area contributed by atoms with Crippen LogP contribution in [-0.4, -0.2) is 51.6 Å². The first-order valence-corrected chi connectivity index (χ1v) is 7.19. The van der Waals surface area contributed by atoms with Gasteiger partial charge in [-0.1, -0.05) is 32.3 Å². The van der Waals surface area contributed by atoms with Crippen LogP contribution in [0.5, 0.6) is 0 Å². The van der Waals surface area contributed by atoms with Gasteiger partial charge in [0.25, 0.3) is 5.91 Å². The summed E-state index contributed by atoms with van der Waals surface area (Å²) in [5.41, 5.74) is 0. The van der Waals surface area contributed by atoms with E-state index >= 15 is 0 Å². The summed E-state index contributed by atoms with van der Waals surface area (Å²) in [5, 5.41) is 30.7. The van der Waals surface area contributed by atoms with Crippen molar-refractivity contribution in [3.05, 3.63) is 12.3 Å². The van der Waals surface area contributed by atoms with Gasteiger partial charge in [-0.25, -0.2) is 4.79 Å². The monoisotopic (exact) mass is 301 g/mol. The molecule has 0 saturated carbocycles. The molecule has 4 atom stereocenters. The molecule has 1 aliphatic heterocycles. The van der Waals surface area contributed by atoms with Crippen molar-refractivity contribution >= 4 is 11.9 Å². The maximum absolute atomic E-state index is 11.6. The maximum atomic E-state index is 11.6. The summed E-state index contributed by atoms with van der Waals surface area (Å²) >= 11 is 0. The average molecular weight is 301 g/mol. The lowest BCUT2D eigenvalue weighted by Crippen LogP contribution is -2.46. The van der Waals surface area contributed by atoms with Crippen LogP contribution >= 0.6 is 0 Å². The fraction of sp³-hybridized carbons (Fsp3) is 0.714. The maximum Gasteiger partial charge on any atom is 0.338 e. The molecule has 1 saturated heterocycles. The molecule has 4 N–H and O–H groups in total. The van der Waals surface area contributed by atoms with Crippen molar-refractivity contribution in [1.82, 2.24) is 5.32 Å². The molecule has 7 heteroatoms. The van der Waals surface area contributed by atoms with Gasteiger partial charge in [-0.2, -0.15) is 0 Å². The fourth-order valence-corrected chi connectivity index (χ4v) is 1.99. The minimum Gasteiger partial charge on any atom is -0.454 e. The number of nitrogens with one attached hydrogen (secondary N) is 1. The highest BCUT2D eigenvalue weighted by molar-refractivity contribution is 5.84. The van der Waals surface area contributed by atoms with Crippen LogP contribution in [0.2, 0.25) is 0 Å². The third kappa shape index (κ3) is 5.11. The van der Waals surface area contributed by atoms with Gasteiger partial charge in [-0.3, -0.25) is 4.79 Å². The Morgan fingerprint density at radius 1 is 1.38 bits per heavy atom. The number of allylic oxidation sites excluding steroid dienone is 1. The summed E-state index contributed by atoms with van der Waals surface area (Å²) in [4.78, 5) is 22.6. The number of hydrogen-bond donors (Lipinski definition) is 4.